The number of hydrogen-bond donors (Lipinski definition) is 1. The van der Waals surface area contributed by atoms with E-state index in [4.69, 9.17) is 5.11 Å². The Bertz CT molecular complexity index is 593. The lowest BCUT2D eigenvalue weighted by atomic mass is 9.97. The number of hydrogen-bond acceptors (Lipinski definition) is 3. The summed E-state index contributed by atoms with van der Waals surface area (Å²) in [5, 5.41) is 8.70. The van der Waals surface area contributed by atoms with Gasteiger partial charge in [0, 0.05) is 10.4 Å². The highest BCUT2D eigenvalue weighted by Crippen LogP contribution is 2.29. The number of carbonyl (C=O) groups is 1. The van der Waals surface area contributed by atoms with Crippen LogP contribution in [0.4, 0.5) is 0 Å². The van der Waals surface area contributed by atoms with Gasteiger partial charge in [-0.25, -0.2) is 0 Å². The van der Waals surface area contributed by atoms with E-state index in [1.165, 1.54) is 33.8 Å². The predicted molar refractivity (Wildman–Crippen MR) is 77.7 cm³/mol. The van der Waals surface area contributed by atoms with Crippen LogP contribution >= 0.6 is 11.5 Å². The molecule has 0 spiro atoms. The number of aliphatic carboxylic acids is 1. The van der Waals surface area contributed by atoms with Crippen molar-refractivity contribution in [3.05, 3.63) is 39.8 Å². The summed E-state index contributed by atoms with van der Waals surface area (Å²) in [4.78, 5) is 11.6. The second-order valence-electron chi connectivity index (χ2n) is 4.85. The van der Waals surface area contributed by atoms with Gasteiger partial charge in [0.15, 0.2) is 0 Å². The first kappa shape index (κ1) is 13.7. The van der Waals surface area contributed by atoms with Crippen molar-refractivity contribution in [2.45, 2.75) is 33.6 Å². The molecule has 1 heterocycles. The van der Waals surface area contributed by atoms with Crippen molar-refractivity contribution in [1.29, 1.82) is 0 Å². The highest BCUT2D eigenvalue weighted by molar-refractivity contribution is 7.06. The van der Waals surface area contributed by atoms with Gasteiger partial charge in [-0.2, -0.15) is 4.37 Å². The molecule has 1 N–H and O–H groups in total. The van der Waals surface area contributed by atoms with Gasteiger partial charge in [0.25, 0.3) is 0 Å². The fourth-order valence-corrected chi connectivity index (χ4v) is 3.08. The third-order valence-corrected chi connectivity index (χ3v) is 3.92. The average molecular weight is 275 g/mol. The van der Waals surface area contributed by atoms with Crippen LogP contribution < -0.4 is 0 Å². The molecule has 1 aromatic heterocycles. The summed E-state index contributed by atoms with van der Waals surface area (Å²) in [6.45, 7) is 6.26. The summed E-state index contributed by atoms with van der Waals surface area (Å²) in [5.74, 6) is -0.766. The van der Waals surface area contributed by atoms with Crippen molar-refractivity contribution in [3.8, 4) is 11.3 Å². The highest BCUT2D eigenvalue weighted by Gasteiger charge is 2.11. The first-order valence-electron chi connectivity index (χ1n) is 6.23. The van der Waals surface area contributed by atoms with Gasteiger partial charge in [-0.05, 0) is 55.9 Å². The minimum absolute atomic E-state index is 0.160. The molecule has 1 aromatic carbocycles. The molecule has 0 aliphatic rings. The molecule has 19 heavy (non-hydrogen) atoms. The van der Waals surface area contributed by atoms with Crippen molar-refractivity contribution in [1.82, 2.24) is 4.37 Å². The minimum atomic E-state index is -0.766. The largest absolute Gasteiger partial charge is 0.481 e. The Morgan fingerprint density at radius 2 is 1.84 bits per heavy atom. The zero-order valence-corrected chi connectivity index (χ0v) is 12.2. The van der Waals surface area contributed by atoms with E-state index in [0.717, 1.165) is 10.6 Å². The molecule has 2 aromatic rings. The van der Waals surface area contributed by atoms with Crippen molar-refractivity contribution >= 4 is 17.5 Å². The van der Waals surface area contributed by atoms with Gasteiger partial charge in [-0.1, -0.05) is 17.7 Å². The number of benzene rings is 1. The van der Waals surface area contributed by atoms with E-state index in [0.29, 0.717) is 6.42 Å². The standard InChI is InChI=1S/C15H17NO2S/c1-9-6-10(2)15(11(3)7-9)13-8-12(19-16-13)4-5-14(17)18/h6-8H,4-5H2,1-3H3,(H,17,18). The van der Waals surface area contributed by atoms with Gasteiger partial charge in [0.1, 0.15) is 0 Å². The van der Waals surface area contributed by atoms with E-state index in [1.807, 2.05) is 6.07 Å². The van der Waals surface area contributed by atoms with Gasteiger partial charge in [0.05, 0.1) is 12.1 Å². The lowest BCUT2D eigenvalue weighted by Crippen LogP contribution is -1.95. The number of carboxylic acids is 1. The van der Waals surface area contributed by atoms with E-state index in [9.17, 15) is 4.79 Å². The first-order valence-corrected chi connectivity index (χ1v) is 7.00. The molecule has 0 unspecified atom stereocenters. The van der Waals surface area contributed by atoms with Crippen LogP contribution in [0.3, 0.4) is 0 Å². The molecule has 0 saturated heterocycles. The molecule has 0 aliphatic heterocycles. The minimum Gasteiger partial charge on any atom is -0.481 e. The van der Waals surface area contributed by atoms with Crippen LogP contribution in [-0.4, -0.2) is 15.4 Å². The van der Waals surface area contributed by atoms with Gasteiger partial charge in [0.2, 0.25) is 0 Å². The molecule has 0 amide bonds. The molecule has 0 aliphatic carbocycles. The Kier molecular flexibility index (Phi) is 4.00. The molecular weight excluding hydrogens is 258 g/mol. The van der Waals surface area contributed by atoms with Gasteiger partial charge >= 0.3 is 5.97 Å². The van der Waals surface area contributed by atoms with Crippen molar-refractivity contribution in [3.63, 3.8) is 0 Å². The summed E-state index contributed by atoms with van der Waals surface area (Å²) in [6, 6.07) is 6.31. The third-order valence-electron chi connectivity index (χ3n) is 3.08. The van der Waals surface area contributed by atoms with Crippen LogP contribution in [0.1, 0.15) is 28.0 Å². The molecule has 2 rings (SSSR count). The summed E-state index contributed by atoms with van der Waals surface area (Å²) in [6.07, 6.45) is 0.713. The lowest BCUT2D eigenvalue weighted by Gasteiger charge is -2.08. The zero-order chi connectivity index (χ0) is 14.0. The Labute approximate surface area is 117 Å². The van der Waals surface area contributed by atoms with Crippen molar-refractivity contribution < 1.29 is 9.90 Å². The Balaban J connectivity index is 2.30. The zero-order valence-electron chi connectivity index (χ0n) is 11.4. The quantitative estimate of drug-likeness (QED) is 0.924. The van der Waals surface area contributed by atoms with E-state index >= 15 is 0 Å². The smallest absolute Gasteiger partial charge is 0.303 e. The van der Waals surface area contributed by atoms with Gasteiger partial charge in [-0.15, -0.1) is 0 Å². The summed E-state index contributed by atoms with van der Waals surface area (Å²) in [7, 11) is 0. The van der Waals surface area contributed by atoms with Crippen LogP contribution in [-0.2, 0) is 11.2 Å². The van der Waals surface area contributed by atoms with Crippen LogP contribution in [0.15, 0.2) is 18.2 Å². The molecule has 0 atom stereocenters. The van der Waals surface area contributed by atoms with Crippen LogP contribution in [0.2, 0.25) is 0 Å². The molecule has 4 heteroatoms. The fraction of sp³-hybridized carbons (Fsp3) is 0.333. The summed E-state index contributed by atoms with van der Waals surface area (Å²) < 4.78 is 4.46. The van der Waals surface area contributed by atoms with E-state index in [2.05, 4.69) is 37.3 Å². The molecule has 100 valence electrons. The third kappa shape index (κ3) is 3.20. The second-order valence-corrected chi connectivity index (χ2v) is 5.74. The van der Waals surface area contributed by atoms with Crippen LogP contribution in [0.25, 0.3) is 11.3 Å². The SMILES string of the molecule is Cc1cc(C)c(-c2cc(CCC(=O)O)sn2)c(C)c1. The Hall–Kier alpha value is -1.68. The topological polar surface area (TPSA) is 50.2 Å². The monoisotopic (exact) mass is 275 g/mol. The normalized spacial score (nSPS) is 10.7. The number of aromatic nitrogens is 1. The van der Waals surface area contributed by atoms with E-state index in [-0.39, 0.29) is 6.42 Å². The molecule has 0 radical (unpaired) electrons. The molecule has 0 bridgehead atoms. The second kappa shape index (κ2) is 5.53. The maximum Gasteiger partial charge on any atom is 0.303 e. The van der Waals surface area contributed by atoms with Crippen molar-refractivity contribution in [2.24, 2.45) is 0 Å². The Morgan fingerprint density at radius 1 is 1.21 bits per heavy atom. The maximum absolute atomic E-state index is 10.6. The first-order chi connectivity index (χ1) is 8.97. The van der Waals surface area contributed by atoms with Crippen molar-refractivity contribution in [2.75, 3.05) is 0 Å². The lowest BCUT2D eigenvalue weighted by molar-refractivity contribution is -0.136. The maximum atomic E-state index is 10.6. The molecule has 0 fully saturated rings. The van der Waals surface area contributed by atoms with E-state index < -0.39 is 5.97 Å². The highest BCUT2D eigenvalue weighted by atomic mass is 32.1. The fourth-order valence-electron chi connectivity index (χ4n) is 2.36. The molecule has 3 nitrogen and oxygen atoms in total. The van der Waals surface area contributed by atoms with Crippen LogP contribution in [0.5, 0.6) is 0 Å². The van der Waals surface area contributed by atoms with Gasteiger partial charge < -0.3 is 5.11 Å². The van der Waals surface area contributed by atoms with Crippen LogP contribution in [0, 0.1) is 20.8 Å². The number of aryl methyl sites for hydroxylation is 4. The average Bonchev–Trinajstić information content (AvgIpc) is 2.73. The number of rotatable bonds is 4. The predicted octanol–water partition coefficient (Wildman–Crippen LogP) is 3.75. The number of nitrogens with zero attached hydrogens (tertiary/aromatic N) is 1. The summed E-state index contributed by atoms with van der Waals surface area (Å²) in [5.41, 5.74) is 5.81. The Morgan fingerprint density at radius 3 is 2.42 bits per heavy atom. The van der Waals surface area contributed by atoms with E-state index in [1.54, 1.807) is 0 Å². The van der Waals surface area contributed by atoms with Gasteiger partial charge in [-0.3, -0.25) is 4.79 Å². The molecule has 0 saturated carbocycles. The number of carboxylic acid groups (broad SMARTS) is 1. The summed E-state index contributed by atoms with van der Waals surface area (Å²) >= 11 is 1.39. The molecular formula is C15H17NO2S.